The van der Waals surface area contributed by atoms with Crippen molar-refractivity contribution in [2.45, 2.75) is 0 Å². The summed E-state index contributed by atoms with van der Waals surface area (Å²) >= 11 is 6.12. The van der Waals surface area contributed by atoms with E-state index in [0.717, 1.165) is 5.88 Å². The van der Waals surface area contributed by atoms with E-state index in [4.69, 9.17) is 0 Å². The molecule has 0 unspecified atom stereocenters. The van der Waals surface area contributed by atoms with E-state index < -0.39 is 0 Å². The summed E-state index contributed by atoms with van der Waals surface area (Å²) in [5, 5.41) is 7.17. The minimum Gasteiger partial charge on any atom is -0.176 e. The number of thiocarbonyl (C=S) groups is 1. The molecule has 0 radical (unpaired) electrons. The van der Waals surface area contributed by atoms with Crippen molar-refractivity contribution in [1.82, 2.24) is 0 Å². The average Bonchev–Trinajstić information content (AvgIpc) is 1.86. The minimum absolute atomic E-state index is 0.662. The van der Waals surface area contributed by atoms with Crippen molar-refractivity contribution in [3.05, 3.63) is 0 Å². The lowest BCUT2D eigenvalue weighted by Crippen LogP contribution is -1.66. The van der Waals surface area contributed by atoms with Gasteiger partial charge in [0.05, 0.1) is 0 Å². The Bertz CT molecular complexity index is 97.7. The van der Waals surface area contributed by atoms with Crippen molar-refractivity contribution in [1.29, 1.82) is 0 Å². The molecule has 2 nitrogen and oxygen atoms in total. The fraction of sp³-hybridized carbons (Fsp3) is 0.500. The molecule has 0 aromatic rings. The summed E-state index contributed by atoms with van der Waals surface area (Å²) in [4.78, 5) is 0. The zero-order chi connectivity index (χ0) is 4.41. The van der Waals surface area contributed by atoms with Crippen molar-refractivity contribution in [3.63, 3.8) is 0 Å². The highest BCUT2D eigenvalue weighted by atomic mass is 32.2. The van der Waals surface area contributed by atoms with E-state index in [1.54, 1.807) is 0 Å². The topological polar surface area (TPSA) is 24.7 Å². The number of rotatable bonds is 0. The average molecular weight is 118 g/mol. The van der Waals surface area contributed by atoms with Gasteiger partial charge in [0.1, 0.15) is 5.88 Å². The first-order valence-corrected chi connectivity index (χ1v) is 2.83. The first kappa shape index (κ1) is 4.21. The van der Waals surface area contributed by atoms with Gasteiger partial charge in [-0.3, -0.25) is 0 Å². The standard InChI is InChI=1S/C2H2N2S2/c5-2-4-3-1-6-2/h1H2. The quantitative estimate of drug-likeness (QED) is 0.449. The summed E-state index contributed by atoms with van der Waals surface area (Å²) in [5.74, 6) is 0.721. The van der Waals surface area contributed by atoms with E-state index in [1.165, 1.54) is 11.8 Å². The molecule has 1 heterocycles. The Balaban J connectivity index is 2.59. The molecule has 0 atom stereocenters. The maximum Gasteiger partial charge on any atom is 0.183 e. The molecule has 0 N–H and O–H groups in total. The van der Waals surface area contributed by atoms with Crippen LogP contribution in [0.4, 0.5) is 0 Å². The van der Waals surface area contributed by atoms with Gasteiger partial charge in [0.15, 0.2) is 4.32 Å². The number of hydrogen-bond donors (Lipinski definition) is 0. The second-order valence-electron chi connectivity index (χ2n) is 0.781. The van der Waals surface area contributed by atoms with Crippen LogP contribution in [0.3, 0.4) is 0 Å². The van der Waals surface area contributed by atoms with Crippen LogP contribution in [0.5, 0.6) is 0 Å². The Kier molecular flexibility index (Phi) is 1.16. The molecule has 6 heavy (non-hydrogen) atoms. The maximum atomic E-state index is 4.62. The number of nitrogens with zero attached hydrogens (tertiary/aromatic N) is 2. The number of hydrogen-bond acceptors (Lipinski definition) is 3. The molecule has 1 rings (SSSR count). The molecule has 0 aliphatic carbocycles. The van der Waals surface area contributed by atoms with Gasteiger partial charge in [0.2, 0.25) is 0 Å². The Labute approximate surface area is 45.0 Å². The highest BCUT2D eigenvalue weighted by Gasteiger charge is 1.98. The zero-order valence-electron chi connectivity index (χ0n) is 2.92. The molecule has 32 valence electrons. The Morgan fingerprint density at radius 2 is 2.67 bits per heavy atom. The number of azo groups is 1. The molecule has 0 fully saturated rings. The molecular formula is C2H2N2S2. The first-order chi connectivity index (χ1) is 2.89. The predicted octanol–water partition coefficient (Wildman–Crippen LogP) is 1.43. The lowest BCUT2D eigenvalue weighted by molar-refractivity contribution is 1.21. The van der Waals surface area contributed by atoms with Crippen LogP contribution in [-0.4, -0.2) is 10.2 Å². The first-order valence-electron chi connectivity index (χ1n) is 1.44. The summed E-state index contributed by atoms with van der Waals surface area (Å²) < 4.78 is 0.662. The molecule has 0 saturated carbocycles. The number of thioether (sulfide) groups is 1. The lowest BCUT2D eigenvalue weighted by Gasteiger charge is -1.70. The molecule has 0 aromatic heterocycles. The predicted molar refractivity (Wildman–Crippen MR) is 29.9 cm³/mol. The third-order valence-corrected chi connectivity index (χ3v) is 1.41. The largest absolute Gasteiger partial charge is 0.183 e. The van der Waals surface area contributed by atoms with Crippen LogP contribution in [0.2, 0.25) is 0 Å². The highest BCUT2D eigenvalue weighted by molar-refractivity contribution is 8.23. The fourth-order valence-electron chi connectivity index (χ4n) is 0.200. The molecule has 1 aliphatic rings. The summed E-state index contributed by atoms with van der Waals surface area (Å²) in [6.07, 6.45) is 0. The van der Waals surface area contributed by atoms with Gasteiger partial charge >= 0.3 is 0 Å². The van der Waals surface area contributed by atoms with E-state index >= 15 is 0 Å². The SMILES string of the molecule is S=C1N=NCS1. The smallest absolute Gasteiger partial charge is 0.176 e. The second-order valence-corrected chi connectivity index (χ2v) is 2.36. The summed E-state index contributed by atoms with van der Waals surface area (Å²) in [6, 6.07) is 0. The van der Waals surface area contributed by atoms with Crippen molar-refractivity contribution in [2.24, 2.45) is 10.2 Å². The van der Waals surface area contributed by atoms with Crippen LogP contribution in [0.25, 0.3) is 0 Å². The fourth-order valence-corrected chi connectivity index (χ4v) is 0.757. The Morgan fingerprint density at radius 1 is 1.83 bits per heavy atom. The van der Waals surface area contributed by atoms with Crippen molar-refractivity contribution in [3.8, 4) is 0 Å². The van der Waals surface area contributed by atoms with Crippen molar-refractivity contribution in [2.75, 3.05) is 5.88 Å². The molecule has 0 spiro atoms. The van der Waals surface area contributed by atoms with Gasteiger partial charge in [-0.2, -0.15) is 5.11 Å². The van der Waals surface area contributed by atoms with E-state index in [2.05, 4.69) is 22.4 Å². The normalized spacial score (nSPS) is 19.7. The zero-order valence-corrected chi connectivity index (χ0v) is 4.55. The van der Waals surface area contributed by atoms with Gasteiger partial charge in [-0.1, -0.05) is 11.8 Å². The lowest BCUT2D eigenvalue weighted by atomic mass is 11.5. The molecule has 0 saturated heterocycles. The van der Waals surface area contributed by atoms with Gasteiger partial charge in [-0.25, -0.2) is 0 Å². The third kappa shape index (κ3) is 0.753. The van der Waals surface area contributed by atoms with Crippen LogP contribution in [-0.2, 0) is 0 Å². The summed E-state index contributed by atoms with van der Waals surface area (Å²) in [7, 11) is 0. The third-order valence-electron chi connectivity index (χ3n) is 0.398. The molecule has 1 aliphatic heterocycles. The van der Waals surface area contributed by atoms with E-state index in [1.807, 2.05) is 0 Å². The van der Waals surface area contributed by atoms with Crippen LogP contribution in [0.15, 0.2) is 10.2 Å². The van der Waals surface area contributed by atoms with Crippen LogP contribution >= 0.6 is 24.0 Å². The molecule has 4 heteroatoms. The summed E-state index contributed by atoms with van der Waals surface area (Å²) in [6.45, 7) is 0. The Morgan fingerprint density at radius 3 is 2.83 bits per heavy atom. The monoisotopic (exact) mass is 118 g/mol. The van der Waals surface area contributed by atoms with E-state index in [0.29, 0.717) is 4.32 Å². The minimum atomic E-state index is 0.662. The van der Waals surface area contributed by atoms with Crippen molar-refractivity contribution < 1.29 is 0 Å². The van der Waals surface area contributed by atoms with Gasteiger partial charge < -0.3 is 0 Å². The van der Waals surface area contributed by atoms with Gasteiger partial charge in [0.25, 0.3) is 0 Å². The van der Waals surface area contributed by atoms with Gasteiger partial charge in [0, 0.05) is 0 Å². The van der Waals surface area contributed by atoms with E-state index in [-0.39, 0.29) is 0 Å². The van der Waals surface area contributed by atoms with E-state index in [9.17, 15) is 0 Å². The summed E-state index contributed by atoms with van der Waals surface area (Å²) in [5.41, 5.74) is 0. The van der Waals surface area contributed by atoms with Crippen molar-refractivity contribution >= 4 is 28.3 Å². The molecule has 0 amide bonds. The molecule has 0 bridgehead atoms. The molecule has 0 aromatic carbocycles. The van der Waals surface area contributed by atoms with Gasteiger partial charge in [-0.05, 0) is 12.2 Å². The van der Waals surface area contributed by atoms with Crippen LogP contribution < -0.4 is 0 Å². The Hall–Kier alpha value is 0.0400. The molecular weight excluding hydrogens is 116 g/mol. The van der Waals surface area contributed by atoms with Gasteiger partial charge in [-0.15, -0.1) is 5.11 Å². The highest BCUT2D eigenvalue weighted by Crippen LogP contribution is 2.12. The second kappa shape index (κ2) is 1.66. The maximum absolute atomic E-state index is 4.62. The van der Waals surface area contributed by atoms with Crippen LogP contribution in [0.1, 0.15) is 0 Å². The van der Waals surface area contributed by atoms with Crippen LogP contribution in [0, 0.1) is 0 Å².